The quantitative estimate of drug-likeness (QED) is 0.373. The number of anilines is 1. The number of carbonyl (C=O) groups is 1. The van der Waals surface area contributed by atoms with E-state index in [1.165, 1.54) is 11.3 Å². The van der Waals surface area contributed by atoms with E-state index < -0.39 is 0 Å². The highest BCUT2D eigenvalue weighted by atomic mass is 32.2. The second kappa shape index (κ2) is 9.09. The highest BCUT2D eigenvalue weighted by Gasteiger charge is 2.16. The van der Waals surface area contributed by atoms with Gasteiger partial charge in [0.2, 0.25) is 0 Å². The van der Waals surface area contributed by atoms with Crippen LogP contribution in [-0.2, 0) is 5.75 Å². The Hall–Kier alpha value is -2.88. The van der Waals surface area contributed by atoms with Crippen LogP contribution < -0.4 is 14.8 Å². The monoisotopic (exact) mass is 467 g/mol. The largest absolute Gasteiger partial charge is 0.486 e. The zero-order valence-corrected chi connectivity index (χ0v) is 18.7. The van der Waals surface area contributed by atoms with Gasteiger partial charge in [-0.05, 0) is 30.3 Å². The molecule has 1 amide bonds. The van der Waals surface area contributed by atoms with Crippen molar-refractivity contribution in [3.8, 4) is 22.8 Å². The fourth-order valence-corrected chi connectivity index (χ4v) is 5.40. The van der Waals surface area contributed by atoms with Crippen LogP contribution in [0.15, 0.2) is 63.6 Å². The minimum absolute atomic E-state index is 0.176. The van der Waals surface area contributed by atoms with Gasteiger partial charge in [-0.25, -0.2) is 9.97 Å². The third kappa shape index (κ3) is 4.58. The van der Waals surface area contributed by atoms with Crippen LogP contribution in [-0.4, -0.2) is 29.1 Å². The van der Waals surface area contributed by atoms with Crippen LogP contribution in [0, 0.1) is 0 Å². The molecule has 1 N–H and O–H groups in total. The van der Waals surface area contributed by atoms with E-state index in [4.69, 9.17) is 9.47 Å². The number of aromatic nitrogens is 2. The molecule has 0 atom stereocenters. The summed E-state index contributed by atoms with van der Waals surface area (Å²) in [5.41, 5.74) is 5.15. The first-order valence-electron chi connectivity index (χ1n) is 9.52. The number of ether oxygens (including phenoxy) is 2. The zero-order valence-electron chi connectivity index (χ0n) is 16.2. The first-order chi connectivity index (χ1) is 15.3. The van der Waals surface area contributed by atoms with E-state index in [1.54, 1.807) is 23.1 Å². The average Bonchev–Trinajstić information content (AvgIpc) is 3.50. The number of hydrogen-bond donors (Lipinski definition) is 1. The predicted octanol–water partition coefficient (Wildman–Crippen LogP) is 5.58. The summed E-state index contributed by atoms with van der Waals surface area (Å²) < 4.78 is 11.2. The number of nitrogens with zero attached hydrogens (tertiary/aromatic N) is 2. The third-order valence-corrected chi connectivity index (χ3v) is 7.05. The Morgan fingerprint density at radius 1 is 1.10 bits per heavy atom. The maximum Gasteiger partial charge on any atom is 0.258 e. The number of amides is 1. The second-order valence-electron chi connectivity index (χ2n) is 6.62. The molecule has 156 valence electrons. The van der Waals surface area contributed by atoms with Crippen LogP contribution in [0.5, 0.6) is 11.5 Å². The number of nitrogens with one attached hydrogen (secondary N) is 1. The van der Waals surface area contributed by atoms with Gasteiger partial charge in [-0.2, -0.15) is 0 Å². The molecule has 0 bridgehead atoms. The summed E-state index contributed by atoms with van der Waals surface area (Å²) in [6, 6.07) is 13.3. The molecule has 2 aromatic heterocycles. The third-order valence-electron chi connectivity index (χ3n) is 4.55. The number of hydrogen-bond acceptors (Lipinski definition) is 8. The van der Waals surface area contributed by atoms with E-state index in [0.717, 1.165) is 33.3 Å². The Morgan fingerprint density at radius 2 is 1.97 bits per heavy atom. The van der Waals surface area contributed by atoms with Crippen LogP contribution in [0.4, 0.5) is 5.13 Å². The summed E-state index contributed by atoms with van der Waals surface area (Å²) in [6.07, 6.45) is 0. The fraction of sp³-hybridized carbons (Fsp3) is 0.136. The van der Waals surface area contributed by atoms with Gasteiger partial charge in [-0.3, -0.25) is 10.1 Å². The molecule has 0 unspecified atom stereocenters. The minimum atomic E-state index is -0.176. The van der Waals surface area contributed by atoms with E-state index >= 15 is 0 Å². The van der Waals surface area contributed by atoms with Crippen LogP contribution in [0.1, 0.15) is 16.1 Å². The summed E-state index contributed by atoms with van der Waals surface area (Å²) in [7, 11) is 0. The molecule has 0 saturated heterocycles. The summed E-state index contributed by atoms with van der Waals surface area (Å²) in [6.45, 7) is 1.09. The highest BCUT2D eigenvalue weighted by molar-refractivity contribution is 7.98. The Morgan fingerprint density at radius 3 is 2.84 bits per heavy atom. The van der Waals surface area contributed by atoms with Gasteiger partial charge in [-0.15, -0.1) is 34.4 Å². The predicted molar refractivity (Wildman–Crippen MR) is 125 cm³/mol. The molecular formula is C22H17N3O3S3. The van der Waals surface area contributed by atoms with Gasteiger partial charge >= 0.3 is 0 Å². The van der Waals surface area contributed by atoms with E-state index in [2.05, 4.69) is 15.3 Å². The Labute approximate surface area is 191 Å². The number of carbonyl (C=O) groups excluding carboxylic acids is 1. The van der Waals surface area contributed by atoms with Gasteiger partial charge in [-0.1, -0.05) is 12.1 Å². The van der Waals surface area contributed by atoms with Crippen molar-refractivity contribution in [2.24, 2.45) is 0 Å². The lowest BCUT2D eigenvalue weighted by Crippen LogP contribution is -2.15. The summed E-state index contributed by atoms with van der Waals surface area (Å²) in [5, 5.41) is 7.42. The highest BCUT2D eigenvalue weighted by Crippen LogP contribution is 2.35. The normalized spacial score (nSPS) is 12.5. The number of thioether (sulfide) groups is 1. The molecule has 6 nitrogen and oxygen atoms in total. The Bertz CT molecular complexity index is 1210. The molecule has 3 heterocycles. The van der Waals surface area contributed by atoms with E-state index in [0.29, 0.717) is 29.7 Å². The molecule has 0 radical (unpaired) electrons. The first kappa shape index (κ1) is 20.0. The average molecular weight is 468 g/mol. The van der Waals surface area contributed by atoms with Crippen molar-refractivity contribution in [3.05, 3.63) is 70.0 Å². The molecule has 31 heavy (non-hydrogen) atoms. The van der Waals surface area contributed by atoms with E-state index in [-0.39, 0.29) is 5.91 Å². The number of thiazole rings is 2. The minimum Gasteiger partial charge on any atom is -0.486 e. The lowest BCUT2D eigenvalue weighted by Gasteiger charge is -2.18. The molecule has 0 spiro atoms. The van der Waals surface area contributed by atoms with Gasteiger partial charge in [0.15, 0.2) is 16.6 Å². The maximum atomic E-state index is 12.9. The molecule has 5 rings (SSSR count). The topological polar surface area (TPSA) is 73.3 Å². The zero-order chi connectivity index (χ0) is 21.0. The molecule has 1 aliphatic rings. The van der Waals surface area contributed by atoms with Crippen molar-refractivity contribution in [2.45, 2.75) is 10.6 Å². The standard InChI is InChI=1S/C22H17N3O3S3/c26-21(16-3-1-2-4-20(16)30-11-15-10-29-13-23-15)25-22-24-17(12-31-22)14-5-6-18-19(9-14)28-8-7-27-18/h1-6,9-10,12-13H,7-8,11H2,(H,24,25,26). The smallest absolute Gasteiger partial charge is 0.258 e. The second-order valence-corrected chi connectivity index (χ2v) is 9.21. The van der Waals surface area contributed by atoms with E-state index in [9.17, 15) is 4.79 Å². The van der Waals surface area contributed by atoms with Gasteiger partial charge in [0.25, 0.3) is 5.91 Å². The van der Waals surface area contributed by atoms with Gasteiger partial charge in [0, 0.05) is 27.0 Å². The van der Waals surface area contributed by atoms with Crippen molar-refractivity contribution < 1.29 is 14.3 Å². The van der Waals surface area contributed by atoms with Crippen LogP contribution >= 0.6 is 34.4 Å². The number of rotatable bonds is 6. The first-order valence-corrected chi connectivity index (χ1v) is 12.3. The van der Waals surface area contributed by atoms with Crippen molar-refractivity contribution in [2.75, 3.05) is 18.5 Å². The van der Waals surface area contributed by atoms with Crippen molar-refractivity contribution in [1.29, 1.82) is 0 Å². The molecule has 2 aromatic carbocycles. The summed E-state index contributed by atoms with van der Waals surface area (Å²) in [5.74, 6) is 2.00. The lowest BCUT2D eigenvalue weighted by atomic mass is 10.1. The van der Waals surface area contributed by atoms with Gasteiger partial charge in [0.1, 0.15) is 13.2 Å². The molecule has 1 aliphatic heterocycles. The molecule has 0 fully saturated rings. The van der Waals surface area contributed by atoms with Crippen LogP contribution in [0.3, 0.4) is 0 Å². The summed E-state index contributed by atoms with van der Waals surface area (Å²) in [4.78, 5) is 22.7. The molecule has 0 aliphatic carbocycles. The number of fused-ring (bicyclic) bond motifs is 1. The lowest BCUT2D eigenvalue weighted by molar-refractivity contribution is 0.102. The SMILES string of the molecule is O=C(Nc1nc(-c2ccc3c(c2)OCCO3)cs1)c1ccccc1SCc1cscn1. The van der Waals surface area contributed by atoms with Gasteiger partial charge in [0.05, 0.1) is 22.5 Å². The fourth-order valence-electron chi connectivity index (χ4n) is 3.07. The Balaban J connectivity index is 1.30. The maximum absolute atomic E-state index is 12.9. The number of benzene rings is 2. The van der Waals surface area contributed by atoms with Crippen molar-refractivity contribution in [3.63, 3.8) is 0 Å². The molecular weight excluding hydrogens is 450 g/mol. The molecule has 4 aromatic rings. The molecule has 9 heteroatoms. The molecule has 0 saturated carbocycles. The van der Waals surface area contributed by atoms with E-state index in [1.807, 2.05) is 58.7 Å². The van der Waals surface area contributed by atoms with Crippen LogP contribution in [0.25, 0.3) is 11.3 Å². The van der Waals surface area contributed by atoms with Gasteiger partial charge < -0.3 is 9.47 Å². The Kier molecular flexibility index (Phi) is 5.88. The van der Waals surface area contributed by atoms with Crippen molar-refractivity contribution >= 4 is 45.5 Å². The van der Waals surface area contributed by atoms with Crippen molar-refractivity contribution in [1.82, 2.24) is 9.97 Å². The van der Waals surface area contributed by atoms with Crippen LogP contribution in [0.2, 0.25) is 0 Å². The summed E-state index contributed by atoms with van der Waals surface area (Å²) >= 11 is 4.56.